The summed E-state index contributed by atoms with van der Waals surface area (Å²) in [6, 6.07) is 12.8. The van der Waals surface area contributed by atoms with Crippen LogP contribution in [-0.2, 0) is 16.2 Å². The number of halogens is 4. The van der Waals surface area contributed by atoms with Crippen LogP contribution in [0.25, 0.3) is 28.5 Å². The zero-order valence-corrected chi connectivity index (χ0v) is 17.5. The molecule has 0 unspecified atom stereocenters. The third-order valence-corrected chi connectivity index (χ3v) is 5.54. The maximum Gasteiger partial charge on any atom is 0.433 e. The van der Waals surface area contributed by atoms with Crippen molar-refractivity contribution < 1.29 is 21.6 Å². The van der Waals surface area contributed by atoms with Gasteiger partial charge in [-0.05, 0) is 30.3 Å². The van der Waals surface area contributed by atoms with Crippen molar-refractivity contribution in [3.05, 3.63) is 77.8 Å². The summed E-state index contributed by atoms with van der Waals surface area (Å²) < 4.78 is 64.8. The molecule has 7 nitrogen and oxygen atoms in total. The van der Waals surface area contributed by atoms with E-state index in [1.807, 2.05) is 0 Å². The van der Waals surface area contributed by atoms with Crippen LogP contribution >= 0.6 is 11.6 Å². The average Bonchev–Trinajstić information content (AvgIpc) is 3.23. The van der Waals surface area contributed by atoms with Crippen LogP contribution in [0.5, 0.6) is 0 Å². The van der Waals surface area contributed by atoms with Crippen molar-refractivity contribution in [2.45, 2.75) is 11.1 Å². The summed E-state index contributed by atoms with van der Waals surface area (Å²) in [7, 11) is -3.94. The van der Waals surface area contributed by atoms with Gasteiger partial charge in [-0.2, -0.15) is 13.2 Å². The highest BCUT2D eigenvalue weighted by Gasteiger charge is 2.34. The van der Waals surface area contributed by atoms with Gasteiger partial charge >= 0.3 is 6.18 Å². The van der Waals surface area contributed by atoms with Gasteiger partial charge in [0.1, 0.15) is 6.33 Å². The number of benzene rings is 2. The normalized spacial score (nSPS) is 12.2. The van der Waals surface area contributed by atoms with Gasteiger partial charge < -0.3 is 0 Å². The van der Waals surface area contributed by atoms with Crippen molar-refractivity contribution in [1.82, 2.24) is 19.5 Å². The van der Waals surface area contributed by atoms with Crippen molar-refractivity contribution in [1.29, 1.82) is 0 Å². The van der Waals surface area contributed by atoms with E-state index in [0.717, 1.165) is 6.07 Å². The quantitative estimate of drug-likeness (QED) is 0.469. The SMILES string of the molecule is NS(=O)(=O)c1cccc(-c2cn(-c3nc(-c4cccc(Cl)c4)cc(C(F)(F)F)n3)cn2)c1. The number of sulfonamides is 1. The number of aromatic nitrogens is 4. The van der Waals surface area contributed by atoms with E-state index in [2.05, 4.69) is 15.0 Å². The molecular weight excluding hydrogens is 467 g/mol. The summed E-state index contributed by atoms with van der Waals surface area (Å²) in [6.45, 7) is 0. The van der Waals surface area contributed by atoms with Crippen molar-refractivity contribution >= 4 is 21.6 Å². The molecule has 2 aromatic carbocycles. The molecule has 0 atom stereocenters. The van der Waals surface area contributed by atoms with Crippen molar-refractivity contribution in [2.75, 3.05) is 0 Å². The molecular formula is C20H13ClF3N5O2S. The number of hydrogen-bond donors (Lipinski definition) is 1. The summed E-state index contributed by atoms with van der Waals surface area (Å²) in [4.78, 5) is 11.9. The molecule has 4 aromatic rings. The molecule has 2 aromatic heterocycles. The minimum absolute atomic E-state index is 0.0243. The molecule has 0 aliphatic heterocycles. The second-order valence-corrected chi connectivity index (χ2v) is 8.68. The van der Waals surface area contributed by atoms with Crippen LogP contribution in [0.1, 0.15) is 5.69 Å². The molecule has 12 heteroatoms. The lowest BCUT2D eigenvalue weighted by Gasteiger charge is -2.11. The van der Waals surface area contributed by atoms with Gasteiger partial charge in [-0.15, -0.1) is 0 Å². The van der Waals surface area contributed by atoms with Gasteiger partial charge in [0.15, 0.2) is 5.69 Å². The third-order valence-electron chi connectivity index (χ3n) is 4.40. The Morgan fingerprint density at radius 3 is 2.28 bits per heavy atom. The Balaban J connectivity index is 1.81. The van der Waals surface area contributed by atoms with Crippen molar-refractivity contribution in [3.63, 3.8) is 0 Å². The number of alkyl halides is 3. The number of nitrogens with two attached hydrogens (primary N) is 1. The van der Waals surface area contributed by atoms with Crippen LogP contribution in [0.2, 0.25) is 5.02 Å². The van der Waals surface area contributed by atoms with Crippen LogP contribution in [0.3, 0.4) is 0 Å². The topological polar surface area (TPSA) is 104 Å². The predicted molar refractivity (Wildman–Crippen MR) is 111 cm³/mol. The Hall–Kier alpha value is -3.28. The third kappa shape index (κ3) is 4.64. The van der Waals surface area contributed by atoms with E-state index in [1.165, 1.54) is 41.4 Å². The minimum Gasteiger partial charge on any atom is -0.274 e. The molecule has 0 aliphatic carbocycles. The molecule has 32 heavy (non-hydrogen) atoms. The summed E-state index contributed by atoms with van der Waals surface area (Å²) in [6.07, 6.45) is -2.09. The van der Waals surface area contributed by atoms with Gasteiger partial charge in [-0.3, -0.25) is 4.57 Å². The molecule has 0 fully saturated rings. The van der Waals surface area contributed by atoms with Crippen molar-refractivity contribution in [2.24, 2.45) is 5.14 Å². The number of rotatable bonds is 4. The van der Waals surface area contributed by atoms with Gasteiger partial charge in [-0.25, -0.2) is 28.5 Å². The smallest absolute Gasteiger partial charge is 0.274 e. The Morgan fingerprint density at radius 1 is 0.938 bits per heavy atom. The van der Waals surface area contributed by atoms with E-state index >= 15 is 0 Å². The summed E-state index contributed by atoms with van der Waals surface area (Å²) >= 11 is 5.96. The number of primary sulfonamides is 1. The Kier molecular flexibility index (Phi) is 5.49. The highest BCUT2D eigenvalue weighted by molar-refractivity contribution is 7.89. The fraction of sp³-hybridized carbons (Fsp3) is 0.0500. The highest BCUT2D eigenvalue weighted by atomic mass is 35.5. The molecule has 4 rings (SSSR count). The minimum atomic E-state index is -4.71. The molecule has 0 radical (unpaired) electrons. The largest absolute Gasteiger partial charge is 0.433 e. The number of hydrogen-bond acceptors (Lipinski definition) is 5. The van der Waals surface area contributed by atoms with Crippen LogP contribution in [0.15, 0.2) is 72.0 Å². The van der Waals surface area contributed by atoms with E-state index in [1.54, 1.807) is 24.3 Å². The van der Waals surface area contributed by atoms with E-state index < -0.39 is 21.9 Å². The molecule has 0 saturated heterocycles. The summed E-state index contributed by atoms with van der Waals surface area (Å²) in [5.41, 5.74) is -0.0359. The number of imidazole rings is 1. The van der Waals surface area contributed by atoms with Gasteiger partial charge in [0.05, 0.1) is 16.3 Å². The Bertz CT molecular complexity index is 1420. The van der Waals surface area contributed by atoms with Gasteiger partial charge in [-0.1, -0.05) is 35.9 Å². The zero-order chi connectivity index (χ0) is 23.1. The van der Waals surface area contributed by atoms with Crippen LogP contribution in [0, 0.1) is 0 Å². The fourth-order valence-electron chi connectivity index (χ4n) is 2.90. The number of nitrogens with zero attached hydrogens (tertiary/aromatic N) is 4. The molecule has 0 aliphatic rings. The first kappa shape index (κ1) is 21.9. The lowest BCUT2D eigenvalue weighted by molar-refractivity contribution is -0.141. The van der Waals surface area contributed by atoms with Gasteiger partial charge in [0, 0.05) is 22.3 Å². The molecule has 2 heterocycles. The van der Waals surface area contributed by atoms with Crippen molar-refractivity contribution in [3.8, 4) is 28.5 Å². The lowest BCUT2D eigenvalue weighted by Crippen LogP contribution is -2.12. The first-order valence-corrected chi connectivity index (χ1v) is 10.8. The van der Waals surface area contributed by atoms with Gasteiger partial charge in [0.25, 0.3) is 0 Å². The molecule has 164 valence electrons. The second-order valence-electron chi connectivity index (χ2n) is 6.69. The summed E-state index contributed by atoms with van der Waals surface area (Å²) in [5.74, 6) is -0.267. The maximum absolute atomic E-state index is 13.5. The van der Waals surface area contributed by atoms with E-state index in [0.29, 0.717) is 21.8 Å². The maximum atomic E-state index is 13.5. The molecule has 0 bridgehead atoms. The van der Waals surface area contributed by atoms with E-state index in [9.17, 15) is 21.6 Å². The predicted octanol–water partition coefficient (Wildman–Crippen LogP) is 4.32. The zero-order valence-electron chi connectivity index (χ0n) is 16.0. The monoisotopic (exact) mass is 479 g/mol. The average molecular weight is 480 g/mol. The lowest BCUT2D eigenvalue weighted by atomic mass is 10.1. The Labute approximate surface area is 185 Å². The first-order valence-electron chi connectivity index (χ1n) is 8.90. The van der Waals surface area contributed by atoms with Crippen LogP contribution in [0.4, 0.5) is 13.2 Å². The van der Waals surface area contributed by atoms with Crippen LogP contribution < -0.4 is 5.14 Å². The van der Waals surface area contributed by atoms with Crippen LogP contribution in [-0.4, -0.2) is 27.9 Å². The second kappa shape index (κ2) is 8.01. The molecule has 0 saturated carbocycles. The summed E-state index contributed by atoms with van der Waals surface area (Å²) in [5, 5.41) is 5.49. The molecule has 2 N–H and O–H groups in total. The van der Waals surface area contributed by atoms with Gasteiger partial charge in [0.2, 0.25) is 16.0 Å². The Morgan fingerprint density at radius 2 is 1.62 bits per heavy atom. The van der Waals surface area contributed by atoms with E-state index in [-0.39, 0.29) is 16.5 Å². The van der Waals surface area contributed by atoms with E-state index in [4.69, 9.17) is 16.7 Å². The molecule has 0 amide bonds. The standard InChI is InChI=1S/C20H13ClF3N5O2S/c21-14-5-1-3-12(7-14)16-9-18(20(22,23)24)28-19(27-16)29-10-17(26-11-29)13-4-2-6-15(8-13)32(25,30)31/h1-11H,(H2,25,30,31). The first-order chi connectivity index (χ1) is 15.0. The fourth-order valence-corrected chi connectivity index (χ4v) is 3.65. The highest BCUT2D eigenvalue weighted by Crippen LogP contribution is 2.32. The molecule has 0 spiro atoms.